The summed E-state index contributed by atoms with van der Waals surface area (Å²) in [4.78, 5) is 0. The lowest BCUT2D eigenvalue weighted by Crippen LogP contribution is -2.17. The summed E-state index contributed by atoms with van der Waals surface area (Å²) in [5, 5.41) is 0. The Labute approximate surface area is 176 Å². The zero-order valence-corrected chi connectivity index (χ0v) is 18.1. The molecule has 2 unspecified atom stereocenters. The van der Waals surface area contributed by atoms with Gasteiger partial charge in [-0.2, -0.15) is 0 Å². The van der Waals surface area contributed by atoms with Gasteiger partial charge in [0, 0.05) is 7.11 Å². The molecule has 0 aromatic heterocycles. The fourth-order valence-corrected chi connectivity index (χ4v) is 5.31. The van der Waals surface area contributed by atoms with Gasteiger partial charge < -0.3 is 9.47 Å². The maximum absolute atomic E-state index is 6.41. The normalized spacial score (nSPS) is 27.9. The molecule has 29 heavy (non-hydrogen) atoms. The third-order valence-electron chi connectivity index (χ3n) is 7.07. The van der Waals surface area contributed by atoms with E-state index in [2.05, 4.69) is 55.5 Å². The predicted molar refractivity (Wildman–Crippen MR) is 120 cm³/mol. The molecule has 2 fully saturated rings. The number of methoxy groups -OCH3 is 1. The monoisotopic (exact) mass is 392 g/mol. The fraction of sp³-hybridized carbons (Fsp3) is 0.556. The zero-order valence-electron chi connectivity index (χ0n) is 18.1. The van der Waals surface area contributed by atoms with Crippen LogP contribution in [0.15, 0.2) is 48.5 Å². The van der Waals surface area contributed by atoms with E-state index in [1.165, 1.54) is 55.2 Å². The smallest absolute Gasteiger partial charge is 0.119 e. The highest BCUT2D eigenvalue weighted by atomic mass is 16.5. The Morgan fingerprint density at radius 2 is 1.31 bits per heavy atom. The van der Waals surface area contributed by atoms with Crippen LogP contribution < -0.4 is 4.74 Å². The highest BCUT2D eigenvalue weighted by Gasteiger charge is 2.24. The van der Waals surface area contributed by atoms with E-state index < -0.39 is 0 Å². The molecule has 0 saturated heterocycles. The molecular formula is C27H36O2. The molecule has 156 valence electrons. The average Bonchev–Trinajstić information content (AvgIpc) is 2.99. The van der Waals surface area contributed by atoms with Crippen LogP contribution in [0.3, 0.4) is 0 Å². The first kappa shape index (κ1) is 20.5. The maximum atomic E-state index is 6.41. The van der Waals surface area contributed by atoms with Crippen molar-refractivity contribution in [2.75, 3.05) is 7.11 Å². The second-order valence-corrected chi connectivity index (χ2v) is 9.14. The van der Waals surface area contributed by atoms with Gasteiger partial charge in [-0.05, 0) is 99.8 Å². The van der Waals surface area contributed by atoms with Crippen molar-refractivity contribution >= 4 is 0 Å². The summed E-state index contributed by atoms with van der Waals surface area (Å²) in [7, 11) is 1.84. The van der Waals surface area contributed by atoms with Crippen LogP contribution in [0.4, 0.5) is 0 Å². The molecule has 2 aliphatic carbocycles. The van der Waals surface area contributed by atoms with E-state index in [4.69, 9.17) is 9.47 Å². The van der Waals surface area contributed by atoms with Crippen LogP contribution in [0.1, 0.15) is 86.3 Å². The Bertz CT molecular complexity index is 776. The molecule has 2 nitrogen and oxygen atoms in total. The summed E-state index contributed by atoms with van der Waals surface area (Å²) in [6.07, 6.45) is 11.6. The van der Waals surface area contributed by atoms with Gasteiger partial charge in [-0.1, -0.05) is 42.0 Å². The Morgan fingerprint density at radius 1 is 0.690 bits per heavy atom. The molecule has 0 heterocycles. The zero-order chi connectivity index (χ0) is 20.1. The summed E-state index contributed by atoms with van der Waals surface area (Å²) < 4.78 is 12.0. The van der Waals surface area contributed by atoms with Crippen LogP contribution in [0.5, 0.6) is 5.75 Å². The third kappa shape index (κ3) is 5.42. The van der Waals surface area contributed by atoms with Gasteiger partial charge in [-0.3, -0.25) is 0 Å². The van der Waals surface area contributed by atoms with Crippen LogP contribution in [0.2, 0.25) is 0 Å². The second-order valence-electron chi connectivity index (χ2n) is 9.14. The summed E-state index contributed by atoms with van der Waals surface area (Å²) >= 11 is 0. The molecule has 2 aromatic carbocycles. The van der Waals surface area contributed by atoms with Crippen LogP contribution in [0, 0.1) is 6.92 Å². The number of rotatable bonds is 5. The Balaban J connectivity index is 1.34. The van der Waals surface area contributed by atoms with Gasteiger partial charge in [0.25, 0.3) is 0 Å². The van der Waals surface area contributed by atoms with Gasteiger partial charge in [-0.15, -0.1) is 0 Å². The van der Waals surface area contributed by atoms with Gasteiger partial charge in [0.1, 0.15) is 5.75 Å². The Kier molecular flexibility index (Phi) is 6.92. The minimum atomic E-state index is 0.336. The third-order valence-corrected chi connectivity index (χ3v) is 7.07. The molecule has 0 radical (unpaired) electrons. The van der Waals surface area contributed by atoms with Crippen molar-refractivity contribution in [3.8, 4) is 5.75 Å². The van der Waals surface area contributed by atoms with Gasteiger partial charge >= 0.3 is 0 Å². The number of benzene rings is 2. The summed E-state index contributed by atoms with van der Waals surface area (Å²) in [5.74, 6) is 2.46. The van der Waals surface area contributed by atoms with E-state index in [-0.39, 0.29) is 0 Å². The van der Waals surface area contributed by atoms with Crippen LogP contribution >= 0.6 is 0 Å². The SMILES string of the molecule is COC1CCCC(Oc2cccc(C3CCC(c4cccc(C)c4)CC3)c2)CC1. The first-order valence-electron chi connectivity index (χ1n) is 11.6. The van der Waals surface area contributed by atoms with Crippen LogP contribution in [-0.2, 0) is 4.74 Å². The quantitative estimate of drug-likeness (QED) is 0.502. The maximum Gasteiger partial charge on any atom is 0.119 e. The topological polar surface area (TPSA) is 18.5 Å². The molecule has 4 rings (SSSR count). The molecule has 2 aromatic rings. The average molecular weight is 393 g/mol. The van der Waals surface area contributed by atoms with E-state index in [9.17, 15) is 0 Å². The van der Waals surface area contributed by atoms with E-state index in [0.717, 1.165) is 30.9 Å². The van der Waals surface area contributed by atoms with Crippen molar-refractivity contribution in [2.45, 2.75) is 88.8 Å². The first-order chi connectivity index (χ1) is 14.2. The molecule has 0 amide bonds. The Hall–Kier alpha value is -1.80. The Morgan fingerprint density at radius 3 is 2.00 bits per heavy atom. The van der Waals surface area contributed by atoms with Crippen molar-refractivity contribution in [2.24, 2.45) is 0 Å². The van der Waals surface area contributed by atoms with Crippen LogP contribution in [-0.4, -0.2) is 19.3 Å². The van der Waals surface area contributed by atoms with E-state index in [1.807, 2.05) is 7.11 Å². The first-order valence-corrected chi connectivity index (χ1v) is 11.6. The summed E-state index contributed by atoms with van der Waals surface area (Å²) in [6, 6.07) is 18.0. The van der Waals surface area contributed by atoms with Gasteiger partial charge in [0.05, 0.1) is 12.2 Å². The molecule has 2 aliphatic rings. The molecule has 2 atom stereocenters. The molecule has 0 spiro atoms. The van der Waals surface area contributed by atoms with Gasteiger partial charge in [0.15, 0.2) is 0 Å². The van der Waals surface area contributed by atoms with Crippen molar-refractivity contribution in [3.63, 3.8) is 0 Å². The van der Waals surface area contributed by atoms with Crippen LogP contribution in [0.25, 0.3) is 0 Å². The van der Waals surface area contributed by atoms with Gasteiger partial charge in [-0.25, -0.2) is 0 Å². The highest BCUT2D eigenvalue weighted by molar-refractivity contribution is 5.32. The summed E-state index contributed by atoms with van der Waals surface area (Å²) in [5.41, 5.74) is 4.38. The van der Waals surface area contributed by atoms with E-state index >= 15 is 0 Å². The van der Waals surface area contributed by atoms with E-state index in [1.54, 1.807) is 0 Å². The predicted octanol–water partition coefficient (Wildman–Crippen LogP) is 7.16. The molecule has 0 N–H and O–H groups in total. The largest absolute Gasteiger partial charge is 0.490 e. The lowest BCUT2D eigenvalue weighted by molar-refractivity contribution is 0.0858. The second kappa shape index (κ2) is 9.80. The number of ether oxygens (including phenoxy) is 2. The lowest BCUT2D eigenvalue weighted by Gasteiger charge is -2.29. The molecule has 2 heteroatoms. The van der Waals surface area contributed by atoms with Crippen molar-refractivity contribution < 1.29 is 9.47 Å². The van der Waals surface area contributed by atoms with Crippen molar-refractivity contribution in [3.05, 3.63) is 65.2 Å². The number of aryl methyl sites for hydroxylation is 1. The summed E-state index contributed by atoms with van der Waals surface area (Å²) in [6.45, 7) is 2.20. The minimum absolute atomic E-state index is 0.336. The number of hydrogen-bond donors (Lipinski definition) is 0. The van der Waals surface area contributed by atoms with Crippen molar-refractivity contribution in [1.29, 1.82) is 0 Å². The van der Waals surface area contributed by atoms with E-state index in [0.29, 0.717) is 18.1 Å². The molecular weight excluding hydrogens is 356 g/mol. The van der Waals surface area contributed by atoms with Crippen molar-refractivity contribution in [1.82, 2.24) is 0 Å². The fourth-order valence-electron chi connectivity index (χ4n) is 5.31. The molecule has 0 aliphatic heterocycles. The highest BCUT2D eigenvalue weighted by Crippen LogP contribution is 2.41. The van der Waals surface area contributed by atoms with Gasteiger partial charge in [0.2, 0.25) is 0 Å². The standard InChI is InChI=1S/C27H36O2/c1-20-6-3-7-23(18-20)21-12-14-22(15-13-21)24-8-4-11-27(19-24)29-26-10-5-9-25(28-2)16-17-26/h3-4,6-8,11,18-19,21-22,25-26H,5,9-10,12-17H2,1-2H3. The lowest BCUT2D eigenvalue weighted by atomic mass is 9.76. The number of hydrogen-bond acceptors (Lipinski definition) is 2. The molecule has 2 saturated carbocycles. The molecule has 0 bridgehead atoms. The minimum Gasteiger partial charge on any atom is -0.490 e.